The van der Waals surface area contributed by atoms with Gasteiger partial charge in [-0.05, 0) is 43.7 Å². The number of nitrogens with one attached hydrogen (secondary N) is 1. The zero-order chi connectivity index (χ0) is 19.1. The summed E-state index contributed by atoms with van der Waals surface area (Å²) in [5.74, 6) is -0.297. The summed E-state index contributed by atoms with van der Waals surface area (Å²) in [6.45, 7) is 3.57. The minimum absolute atomic E-state index is 0.0354. The van der Waals surface area contributed by atoms with Crippen LogP contribution in [0, 0.1) is 6.92 Å². The molecule has 1 unspecified atom stereocenters. The van der Waals surface area contributed by atoms with E-state index in [1.807, 2.05) is 31.2 Å². The molecule has 0 bridgehead atoms. The van der Waals surface area contributed by atoms with E-state index < -0.39 is 18.0 Å². The number of anilines is 1. The molecule has 0 aliphatic rings. The lowest BCUT2D eigenvalue weighted by molar-refractivity contribution is -0.153. The molecule has 1 N–H and O–H groups in total. The number of halogens is 2. The lowest BCUT2D eigenvalue weighted by Crippen LogP contribution is -2.30. The van der Waals surface area contributed by atoms with Gasteiger partial charge in [-0.2, -0.15) is 0 Å². The molecule has 1 atom stereocenters. The minimum Gasteiger partial charge on any atom is -0.493 e. The van der Waals surface area contributed by atoms with Crippen LogP contribution in [-0.2, 0) is 14.3 Å². The molecule has 0 radical (unpaired) electrons. The van der Waals surface area contributed by atoms with E-state index in [0.29, 0.717) is 21.5 Å². The molecule has 0 aliphatic carbocycles. The van der Waals surface area contributed by atoms with E-state index >= 15 is 0 Å². The highest BCUT2D eigenvalue weighted by molar-refractivity contribution is 6.36. The van der Waals surface area contributed by atoms with Crippen molar-refractivity contribution in [3.8, 4) is 5.75 Å². The molecule has 5 nitrogen and oxygen atoms in total. The fraction of sp³-hybridized carbons (Fsp3) is 0.263. The summed E-state index contributed by atoms with van der Waals surface area (Å²) in [4.78, 5) is 24.0. The van der Waals surface area contributed by atoms with Crippen LogP contribution in [0.25, 0.3) is 0 Å². The van der Waals surface area contributed by atoms with Gasteiger partial charge in [0.05, 0.1) is 23.7 Å². The smallest absolute Gasteiger partial charge is 0.310 e. The fourth-order valence-electron chi connectivity index (χ4n) is 2.10. The second-order valence-corrected chi connectivity index (χ2v) is 6.45. The van der Waals surface area contributed by atoms with Gasteiger partial charge in [-0.15, -0.1) is 0 Å². The molecule has 0 saturated carbocycles. The number of carbonyl (C=O) groups is 2. The van der Waals surface area contributed by atoms with E-state index in [4.69, 9.17) is 32.7 Å². The SMILES string of the molecule is Cc1ccccc1OCCC(=O)OC(C)C(=O)Nc1ccc(Cl)cc1Cl. The zero-order valence-electron chi connectivity index (χ0n) is 14.4. The molecular weight excluding hydrogens is 377 g/mol. The van der Waals surface area contributed by atoms with E-state index in [0.717, 1.165) is 5.56 Å². The molecule has 26 heavy (non-hydrogen) atoms. The van der Waals surface area contributed by atoms with Gasteiger partial charge < -0.3 is 14.8 Å². The lowest BCUT2D eigenvalue weighted by atomic mass is 10.2. The second kappa shape index (κ2) is 9.46. The van der Waals surface area contributed by atoms with Crippen molar-refractivity contribution in [2.75, 3.05) is 11.9 Å². The normalized spacial score (nSPS) is 11.5. The van der Waals surface area contributed by atoms with Crippen LogP contribution in [-0.4, -0.2) is 24.6 Å². The first-order valence-corrected chi connectivity index (χ1v) is 8.76. The summed E-state index contributed by atoms with van der Waals surface area (Å²) >= 11 is 11.8. The van der Waals surface area contributed by atoms with Crippen molar-refractivity contribution < 1.29 is 19.1 Å². The molecule has 0 aromatic heterocycles. The van der Waals surface area contributed by atoms with Gasteiger partial charge in [-0.3, -0.25) is 9.59 Å². The van der Waals surface area contributed by atoms with Gasteiger partial charge in [-0.25, -0.2) is 0 Å². The quantitative estimate of drug-likeness (QED) is 0.693. The molecular formula is C19H19Cl2NO4. The predicted molar refractivity (Wildman–Crippen MR) is 102 cm³/mol. The Hall–Kier alpha value is -2.24. The number of benzene rings is 2. The molecule has 138 valence electrons. The lowest BCUT2D eigenvalue weighted by Gasteiger charge is -2.15. The van der Waals surface area contributed by atoms with Crippen molar-refractivity contribution in [2.45, 2.75) is 26.4 Å². The van der Waals surface area contributed by atoms with Crippen LogP contribution >= 0.6 is 23.2 Å². The van der Waals surface area contributed by atoms with Gasteiger partial charge in [0, 0.05) is 5.02 Å². The summed E-state index contributed by atoms with van der Waals surface area (Å²) in [6, 6.07) is 12.2. The first-order chi connectivity index (χ1) is 12.4. The third-order valence-corrected chi connectivity index (χ3v) is 4.07. The number of aryl methyl sites for hydroxylation is 1. The van der Waals surface area contributed by atoms with Crippen LogP contribution in [0.4, 0.5) is 5.69 Å². The van der Waals surface area contributed by atoms with Crippen LogP contribution in [0.5, 0.6) is 5.75 Å². The molecule has 1 amide bonds. The molecule has 2 aromatic rings. The second-order valence-electron chi connectivity index (χ2n) is 5.61. The number of ether oxygens (including phenoxy) is 2. The fourth-order valence-corrected chi connectivity index (χ4v) is 2.55. The molecule has 0 spiro atoms. The van der Waals surface area contributed by atoms with Gasteiger partial charge in [0.1, 0.15) is 5.75 Å². The molecule has 2 rings (SSSR count). The number of para-hydroxylation sites is 1. The van der Waals surface area contributed by atoms with Crippen molar-refractivity contribution in [3.63, 3.8) is 0 Å². The number of hydrogen-bond donors (Lipinski definition) is 1. The highest BCUT2D eigenvalue weighted by Gasteiger charge is 2.19. The van der Waals surface area contributed by atoms with Crippen molar-refractivity contribution in [2.24, 2.45) is 0 Å². The zero-order valence-corrected chi connectivity index (χ0v) is 15.9. The predicted octanol–water partition coefficient (Wildman–Crippen LogP) is 4.64. The Labute approximate surface area is 162 Å². The van der Waals surface area contributed by atoms with Gasteiger partial charge in [0.25, 0.3) is 5.91 Å². The number of carbonyl (C=O) groups excluding carboxylic acids is 2. The number of rotatable bonds is 7. The van der Waals surface area contributed by atoms with E-state index in [-0.39, 0.29) is 13.0 Å². The van der Waals surface area contributed by atoms with E-state index in [9.17, 15) is 9.59 Å². The van der Waals surface area contributed by atoms with Gasteiger partial charge in [0.15, 0.2) is 6.10 Å². The Balaban J connectivity index is 1.78. The maximum atomic E-state index is 12.1. The van der Waals surface area contributed by atoms with Gasteiger partial charge in [0.2, 0.25) is 0 Å². The van der Waals surface area contributed by atoms with Crippen LogP contribution in [0.3, 0.4) is 0 Å². The summed E-state index contributed by atoms with van der Waals surface area (Å²) in [5, 5.41) is 3.36. The Morgan fingerprint density at radius 2 is 1.88 bits per heavy atom. The number of amides is 1. The number of hydrogen-bond acceptors (Lipinski definition) is 4. The minimum atomic E-state index is -0.965. The molecule has 0 heterocycles. The first kappa shape index (κ1) is 20.1. The van der Waals surface area contributed by atoms with Gasteiger partial charge in [-0.1, -0.05) is 41.4 Å². The van der Waals surface area contributed by atoms with Crippen LogP contribution in [0.15, 0.2) is 42.5 Å². The van der Waals surface area contributed by atoms with Crippen molar-refractivity contribution >= 4 is 40.8 Å². The molecule has 2 aromatic carbocycles. The van der Waals surface area contributed by atoms with E-state index in [1.165, 1.54) is 13.0 Å². The van der Waals surface area contributed by atoms with Gasteiger partial charge >= 0.3 is 5.97 Å². The van der Waals surface area contributed by atoms with Crippen LogP contribution in [0.1, 0.15) is 18.9 Å². The first-order valence-electron chi connectivity index (χ1n) is 8.00. The molecule has 0 saturated heterocycles. The third-order valence-electron chi connectivity index (χ3n) is 3.52. The monoisotopic (exact) mass is 395 g/mol. The number of esters is 1. The average molecular weight is 396 g/mol. The van der Waals surface area contributed by atoms with Crippen LogP contribution < -0.4 is 10.1 Å². The topological polar surface area (TPSA) is 64.6 Å². The Morgan fingerprint density at radius 1 is 1.15 bits per heavy atom. The maximum absolute atomic E-state index is 12.1. The summed E-state index contributed by atoms with van der Waals surface area (Å²) in [7, 11) is 0. The van der Waals surface area contributed by atoms with E-state index in [1.54, 1.807) is 12.1 Å². The van der Waals surface area contributed by atoms with Crippen molar-refractivity contribution in [3.05, 3.63) is 58.1 Å². The molecule has 0 fully saturated rings. The molecule has 0 aliphatic heterocycles. The third kappa shape index (κ3) is 5.93. The standard InChI is InChI=1S/C19H19Cl2NO4/c1-12-5-3-4-6-17(12)25-10-9-18(23)26-13(2)19(24)22-16-8-7-14(20)11-15(16)21/h3-8,11,13H,9-10H2,1-2H3,(H,22,24). The summed E-state index contributed by atoms with van der Waals surface area (Å²) in [5.41, 5.74) is 1.38. The highest BCUT2D eigenvalue weighted by atomic mass is 35.5. The average Bonchev–Trinajstić information content (AvgIpc) is 2.59. The van der Waals surface area contributed by atoms with Crippen molar-refractivity contribution in [1.82, 2.24) is 0 Å². The van der Waals surface area contributed by atoms with E-state index in [2.05, 4.69) is 5.32 Å². The summed E-state index contributed by atoms with van der Waals surface area (Å²) < 4.78 is 10.7. The Kier molecular flexibility index (Phi) is 7.30. The van der Waals surface area contributed by atoms with Crippen molar-refractivity contribution in [1.29, 1.82) is 0 Å². The Morgan fingerprint density at radius 3 is 2.58 bits per heavy atom. The molecule has 7 heteroatoms. The Bertz CT molecular complexity index is 795. The highest BCUT2D eigenvalue weighted by Crippen LogP contribution is 2.25. The largest absolute Gasteiger partial charge is 0.493 e. The maximum Gasteiger partial charge on any atom is 0.310 e. The van der Waals surface area contributed by atoms with Crippen LogP contribution in [0.2, 0.25) is 10.0 Å². The summed E-state index contributed by atoms with van der Waals surface area (Å²) in [6.07, 6.45) is -0.930.